The van der Waals surface area contributed by atoms with Crippen LogP contribution in [-0.4, -0.2) is 28.9 Å². The van der Waals surface area contributed by atoms with Crippen molar-refractivity contribution < 1.29 is 14.6 Å². The Labute approximate surface area is 108 Å². The van der Waals surface area contributed by atoms with Gasteiger partial charge in [0.05, 0.1) is 11.7 Å². The lowest BCUT2D eigenvalue weighted by atomic mass is 10.0. The van der Waals surface area contributed by atoms with Crippen LogP contribution in [0.4, 0.5) is 4.39 Å². The van der Waals surface area contributed by atoms with Crippen LogP contribution in [0, 0.1) is 5.82 Å². The van der Waals surface area contributed by atoms with Gasteiger partial charge in [0.25, 0.3) is 0 Å². The number of aliphatic hydroxyl groups is 2. The van der Waals surface area contributed by atoms with Crippen LogP contribution >= 0.6 is 0 Å². The van der Waals surface area contributed by atoms with Crippen molar-refractivity contribution in [1.82, 2.24) is 5.32 Å². The molecule has 4 heteroatoms. The molecule has 0 spiro atoms. The maximum Gasteiger partial charge on any atom is 0.123 e. The molecule has 102 valence electrons. The topological polar surface area (TPSA) is 52.5 Å². The van der Waals surface area contributed by atoms with Crippen LogP contribution in [0.25, 0.3) is 0 Å². The third-order valence-electron chi connectivity index (χ3n) is 2.87. The lowest BCUT2D eigenvalue weighted by Crippen LogP contribution is -2.39. The van der Waals surface area contributed by atoms with E-state index in [1.807, 2.05) is 6.92 Å². The van der Waals surface area contributed by atoms with E-state index in [0.29, 0.717) is 25.1 Å². The molecule has 0 heterocycles. The second-order valence-electron chi connectivity index (χ2n) is 4.95. The quantitative estimate of drug-likeness (QED) is 0.698. The highest BCUT2D eigenvalue weighted by Gasteiger charge is 2.19. The van der Waals surface area contributed by atoms with Crippen LogP contribution in [0.2, 0.25) is 0 Å². The van der Waals surface area contributed by atoms with Crippen molar-refractivity contribution in [3.8, 4) is 0 Å². The van der Waals surface area contributed by atoms with Gasteiger partial charge in [-0.05, 0) is 31.0 Å². The molecular formula is C14H22FNO2. The van der Waals surface area contributed by atoms with Crippen molar-refractivity contribution in [2.24, 2.45) is 0 Å². The lowest BCUT2D eigenvalue weighted by Gasteiger charge is -2.24. The third kappa shape index (κ3) is 5.12. The van der Waals surface area contributed by atoms with Crippen LogP contribution in [0.15, 0.2) is 24.3 Å². The van der Waals surface area contributed by atoms with E-state index in [1.165, 1.54) is 12.1 Å². The first-order valence-corrected chi connectivity index (χ1v) is 6.31. The number of aliphatic hydroxyl groups excluding tert-OH is 1. The third-order valence-corrected chi connectivity index (χ3v) is 2.87. The van der Waals surface area contributed by atoms with Gasteiger partial charge in [-0.2, -0.15) is 0 Å². The van der Waals surface area contributed by atoms with Gasteiger partial charge in [0, 0.05) is 13.1 Å². The highest BCUT2D eigenvalue weighted by Crippen LogP contribution is 2.14. The maximum atomic E-state index is 13.0. The second kappa shape index (κ2) is 6.83. The molecule has 2 unspecified atom stereocenters. The van der Waals surface area contributed by atoms with Gasteiger partial charge in [0.1, 0.15) is 5.82 Å². The van der Waals surface area contributed by atoms with E-state index in [-0.39, 0.29) is 5.82 Å². The Bertz CT molecular complexity index is 369. The Morgan fingerprint density at radius 1 is 1.44 bits per heavy atom. The summed E-state index contributed by atoms with van der Waals surface area (Å²) in [7, 11) is 0. The van der Waals surface area contributed by atoms with E-state index in [0.717, 1.165) is 6.42 Å². The normalized spacial score (nSPS) is 16.3. The second-order valence-corrected chi connectivity index (χ2v) is 4.95. The molecule has 0 aliphatic rings. The summed E-state index contributed by atoms with van der Waals surface area (Å²) in [6, 6.07) is 5.91. The molecule has 2 atom stereocenters. The number of nitrogens with one attached hydrogen (secondary N) is 1. The van der Waals surface area contributed by atoms with Gasteiger partial charge < -0.3 is 15.5 Å². The molecule has 3 N–H and O–H groups in total. The van der Waals surface area contributed by atoms with Crippen LogP contribution in [0.1, 0.15) is 38.4 Å². The van der Waals surface area contributed by atoms with Crippen molar-refractivity contribution in [2.75, 3.05) is 13.1 Å². The highest BCUT2D eigenvalue weighted by atomic mass is 19.1. The number of rotatable bonds is 7. The SMILES string of the molecule is CCCC(C)(O)CNCC(O)c1cccc(F)c1. The lowest BCUT2D eigenvalue weighted by molar-refractivity contribution is 0.0461. The van der Waals surface area contributed by atoms with E-state index in [2.05, 4.69) is 5.32 Å². The van der Waals surface area contributed by atoms with Crippen LogP contribution < -0.4 is 5.32 Å². The minimum Gasteiger partial charge on any atom is -0.389 e. The molecule has 0 aliphatic heterocycles. The zero-order valence-corrected chi connectivity index (χ0v) is 11.0. The molecule has 0 aromatic heterocycles. The Hall–Kier alpha value is -0.970. The summed E-state index contributed by atoms with van der Waals surface area (Å²) in [4.78, 5) is 0. The first-order valence-electron chi connectivity index (χ1n) is 6.31. The van der Waals surface area contributed by atoms with E-state index in [1.54, 1.807) is 19.1 Å². The van der Waals surface area contributed by atoms with E-state index in [4.69, 9.17) is 0 Å². The van der Waals surface area contributed by atoms with Crippen LogP contribution in [0.3, 0.4) is 0 Å². The molecule has 0 bridgehead atoms. The van der Waals surface area contributed by atoms with Gasteiger partial charge in [-0.3, -0.25) is 0 Å². The fourth-order valence-electron chi connectivity index (χ4n) is 1.94. The Kier molecular flexibility index (Phi) is 5.72. The molecular weight excluding hydrogens is 233 g/mol. The fraction of sp³-hybridized carbons (Fsp3) is 0.571. The van der Waals surface area contributed by atoms with Crippen molar-refractivity contribution >= 4 is 0 Å². The largest absolute Gasteiger partial charge is 0.389 e. The summed E-state index contributed by atoms with van der Waals surface area (Å²) >= 11 is 0. The van der Waals surface area contributed by atoms with Gasteiger partial charge in [0.15, 0.2) is 0 Å². The molecule has 0 fully saturated rings. The molecule has 0 saturated heterocycles. The fourth-order valence-corrected chi connectivity index (χ4v) is 1.94. The summed E-state index contributed by atoms with van der Waals surface area (Å²) < 4.78 is 13.0. The van der Waals surface area contributed by atoms with Gasteiger partial charge in [-0.1, -0.05) is 25.5 Å². The Morgan fingerprint density at radius 3 is 2.78 bits per heavy atom. The zero-order chi connectivity index (χ0) is 13.6. The predicted molar refractivity (Wildman–Crippen MR) is 69.8 cm³/mol. The molecule has 0 aliphatic carbocycles. The molecule has 1 rings (SSSR count). The van der Waals surface area contributed by atoms with E-state index in [9.17, 15) is 14.6 Å². The van der Waals surface area contributed by atoms with Crippen LogP contribution in [-0.2, 0) is 0 Å². The molecule has 0 amide bonds. The maximum absolute atomic E-state index is 13.0. The number of hydrogen-bond acceptors (Lipinski definition) is 3. The molecule has 0 radical (unpaired) electrons. The van der Waals surface area contributed by atoms with Gasteiger partial charge in [-0.25, -0.2) is 4.39 Å². The first kappa shape index (κ1) is 15.1. The summed E-state index contributed by atoms with van der Waals surface area (Å²) in [5.41, 5.74) is -0.228. The average Bonchev–Trinajstić information content (AvgIpc) is 2.28. The van der Waals surface area contributed by atoms with E-state index < -0.39 is 11.7 Å². The smallest absolute Gasteiger partial charge is 0.123 e. The zero-order valence-electron chi connectivity index (χ0n) is 11.0. The molecule has 0 saturated carbocycles. The summed E-state index contributed by atoms with van der Waals surface area (Å²) in [6.45, 7) is 4.48. The first-order chi connectivity index (χ1) is 8.44. The monoisotopic (exact) mass is 255 g/mol. The molecule has 1 aromatic carbocycles. The standard InChI is InChI=1S/C14H22FNO2/c1-3-7-14(2,18)10-16-9-13(17)11-5-4-6-12(15)8-11/h4-6,8,13,16-18H,3,7,9-10H2,1-2H3. The highest BCUT2D eigenvalue weighted by molar-refractivity contribution is 5.18. The Morgan fingerprint density at radius 2 is 2.17 bits per heavy atom. The number of benzene rings is 1. The minimum atomic E-state index is -0.767. The van der Waals surface area contributed by atoms with Gasteiger partial charge >= 0.3 is 0 Å². The van der Waals surface area contributed by atoms with E-state index >= 15 is 0 Å². The van der Waals surface area contributed by atoms with Gasteiger partial charge in [-0.15, -0.1) is 0 Å². The molecule has 1 aromatic rings. The molecule has 3 nitrogen and oxygen atoms in total. The van der Waals surface area contributed by atoms with Crippen LogP contribution in [0.5, 0.6) is 0 Å². The predicted octanol–water partition coefficient (Wildman–Crippen LogP) is 2.00. The number of hydrogen-bond donors (Lipinski definition) is 3. The molecule has 18 heavy (non-hydrogen) atoms. The van der Waals surface area contributed by atoms with Crippen molar-refractivity contribution in [2.45, 2.75) is 38.4 Å². The Balaban J connectivity index is 2.40. The summed E-state index contributed by atoms with van der Waals surface area (Å²) in [5, 5.41) is 22.8. The minimum absolute atomic E-state index is 0.295. The summed E-state index contributed by atoms with van der Waals surface area (Å²) in [6.07, 6.45) is 0.843. The average molecular weight is 255 g/mol. The van der Waals surface area contributed by atoms with Crippen molar-refractivity contribution in [3.05, 3.63) is 35.6 Å². The number of halogens is 1. The van der Waals surface area contributed by atoms with Gasteiger partial charge in [0.2, 0.25) is 0 Å². The van der Waals surface area contributed by atoms with Crippen molar-refractivity contribution in [3.63, 3.8) is 0 Å². The summed E-state index contributed by atoms with van der Waals surface area (Å²) in [5.74, 6) is -0.357. The van der Waals surface area contributed by atoms with Crippen molar-refractivity contribution in [1.29, 1.82) is 0 Å².